The molecule has 4 saturated heterocycles. The molecular formula is C112H116N4O16. The van der Waals surface area contributed by atoms with Crippen molar-refractivity contribution < 1.29 is 76.3 Å². The summed E-state index contributed by atoms with van der Waals surface area (Å²) in [5.74, 6) is -1.13. The molecule has 0 aliphatic carbocycles. The largest absolute Gasteiger partial charge is 0.461 e. The fourth-order valence-corrected chi connectivity index (χ4v) is 17.0. The van der Waals surface area contributed by atoms with Crippen molar-refractivity contribution in [1.82, 2.24) is 19.6 Å². The number of rotatable bonds is 36. The minimum Gasteiger partial charge on any atom is -0.461 e. The van der Waals surface area contributed by atoms with E-state index in [2.05, 4.69) is 0 Å². The van der Waals surface area contributed by atoms with Crippen LogP contribution in [0.5, 0.6) is 0 Å². The third-order valence-electron chi connectivity index (χ3n) is 24.3. The van der Waals surface area contributed by atoms with Crippen molar-refractivity contribution in [2.24, 2.45) is 23.7 Å². The Kier molecular flexibility index (Phi) is 35.6. The van der Waals surface area contributed by atoms with Crippen LogP contribution in [0, 0.1) is 23.7 Å². The van der Waals surface area contributed by atoms with Crippen LogP contribution in [-0.2, 0) is 83.5 Å². The molecule has 0 N–H and O–H groups in total. The third-order valence-corrected chi connectivity index (χ3v) is 24.3. The highest BCUT2D eigenvalue weighted by molar-refractivity contribution is 5.76. The molecule has 0 bridgehead atoms. The summed E-state index contributed by atoms with van der Waals surface area (Å²) in [4.78, 5) is 109. The Hall–Kier alpha value is -14.4. The molecule has 680 valence electrons. The molecule has 4 amide bonds. The van der Waals surface area contributed by atoms with E-state index in [1.165, 1.54) is 0 Å². The molecule has 16 rings (SSSR count). The van der Waals surface area contributed by atoms with Gasteiger partial charge in [0, 0.05) is 26.2 Å². The number of ether oxygens (including phenoxy) is 8. The van der Waals surface area contributed by atoms with Gasteiger partial charge in [-0.1, -0.05) is 417 Å². The first-order chi connectivity index (χ1) is 64.6. The molecule has 0 aromatic heterocycles. The highest BCUT2D eigenvalue weighted by Gasteiger charge is 2.49. The molecule has 4 heterocycles. The summed E-state index contributed by atoms with van der Waals surface area (Å²) in [6.45, 7) is 10.9. The first-order valence-corrected chi connectivity index (χ1v) is 45.7. The van der Waals surface area contributed by atoms with E-state index in [0.29, 0.717) is 26.2 Å². The fraction of sp³-hybridized carbons (Fsp3) is 0.286. The summed E-state index contributed by atoms with van der Waals surface area (Å²) >= 11 is 0. The van der Waals surface area contributed by atoms with Crippen molar-refractivity contribution >= 4 is 48.3 Å². The van der Waals surface area contributed by atoms with Gasteiger partial charge < -0.3 is 37.9 Å². The number of amides is 4. The van der Waals surface area contributed by atoms with Gasteiger partial charge in [-0.15, -0.1) is 0 Å². The summed E-state index contributed by atoms with van der Waals surface area (Å²) in [6.07, 6.45) is 1.02. The molecule has 20 nitrogen and oxygen atoms in total. The van der Waals surface area contributed by atoms with Crippen LogP contribution in [0.2, 0.25) is 0 Å². The number of nitrogens with zero attached hydrogens (tertiary/aromatic N) is 4. The van der Waals surface area contributed by atoms with Crippen LogP contribution in [0.25, 0.3) is 0 Å². The molecular weight excluding hydrogens is 1660 g/mol. The van der Waals surface area contributed by atoms with Gasteiger partial charge in [-0.3, -0.25) is 38.8 Å². The first kappa shape index (κ1) is 95.2. The third kappa shape index (κ3) is 26.9. The van der Waals surface area contributed by atoms with Crippen molar-refractivity contribution in [3.63, 3.8) is 0 Å². The number of carbonyl (C=O) groups is 8. The lowest BCUT2D eigenvalue weighted by atomic mass is 9.94. The predicted molar refractivity (Wildman–Crippen MR) is 505 cm³/mol. The number of cyclic esters (lactones) is 4. The highest BCUT2D eigenvalue weighted by Crippen LogP contribution is 2.48. The van der Waals surface area contributed by atoms with Crippen molar-refractivity contribution in [3.8, 4) is 0 Å². The van der Waals surface area contributed by atoms with Gasteiger partial charge in [-0.05, 0) is 90.4 Å². The standard InChI is InChI=1S/4C28H29NO4/c4*1-2-21(18-25(30)32-20-22-12-6-3-7-13-22)19-29-26(23-14-8-4-9-15-23)27(33-28(29)31)24-16-10-5-11-17-24/h4*3-17,21,26-27H,2,18-20H2,1H3/t4*21-,26+,27-/m1111/s1. The number of hydrogen-bond acceptors (Lipinski definition) is 16. The van der Waals surface area contributed by atoms with Crippen LogP contribution < -0.4 is 0 Å². The van der Waals surface area contributed by atoms with Gasteiger partial charge >= 0.3 is 48.3 Å². The Morgan fingerprint density at radius 2 is 0.371 bits per heavy atom. The molecule has 4 aliphatic rings. The molecule has 0 saturated carbocycles. The number of carbonyl (C=O) groups excluding carboxylic acids is 8. The van der Waals surface area contributed by atoms with Crippen LogP contribution in [0.1, 0.15) is 194 Å². The fourth-order valence-electron chi connectivity index (χ4n) is 17.0. The minimum absolute atomic E-state index is 0.0263. The molecule has 20 heteroatoms. The van der Waals surface area contributed by atoms with E-state index >= 15 is 0 Å². The van der Waals surface area contributed by atoms with E-state index in [9.17, 15) is 38.4 Å². The van der Waals surface area contributed by atoms with E-state index < -0.39 is 24.4 Å². The summed E-state index contributed by atoms with van der Waals surface area (Å²) in [7, 11) is 0. The van der Waals surface area contributed by atoms with E-state index in [0.717, 1.165) is 92.4 Å². The number of benzene rings is 12. The van der Waals surface area contributed by atoms with Gasteiger partial charge in [0.15, 0.2) is 24.4 Å². The van der Waals surface area contributed by atoms with Gasteiger partial charge in [-0.25, -0.2) is 19.2 Å². The molecule has 0 radical (unpaired) electrons. The zero-order valence-corrected chi connectivity index (χ0v) is 75.2. The molecule has 0 unspecified atom stereocenters. The second-order valence-corrected chi connectivity index (χ2v) is 33.4. The second kappa shape index (κ2) is 49.4. The SMILES string of the molecule is CC[C@H](CC(=O)OCc1ccccc1)CN1C(=O)O[C@H](c2ccccc2)[C@@H]1c1ccccc1.CC[C@H](CC(=O)OCc1ccccc1)CN1C(=O)O[C@H](c2ccccc2)[C@@H]1c1ccccc1.CC[C@H](CC(=O)OCc1ccccc1)CN1C(=O)O[C@H](c2ccccc2)[C@@H]1c1ccccc1.CC[C@H](CC(=O)OCc1ccccc1)CN1C(=O)O[C@H](c2ccccc2)[C@@H]1c1ccccc1. The Morgan fingerprint density at radius 3 is 0.523 bits per heavy atom. The Morgan fingerprint density at radius 1 is 0.227 bits per heavy atom. The Balaban J connectivity index is 0.000000150. The molecule has 12 aromatic rings. The highest BCUT2D eigenvalue weighted by atomic mass is 16.6. The summed E-state index contributed by atoms with van der Waals surface area (Å²) < 4.78 is 45.3. The van der Waals surface area contributed by atoms with Crippen LogP contribution in [0.15, 0.2) is 364 Å². The number of hydrogen-bond donors (Lipinski definition) is 0. The monoisotopic (exact) mass is 1770 g/mol. The van der Waals surface area contributed by atoms with Gasteiger partial charge in [0.1, 0.15) is 50.6 Å². The average molecular weight is 1770 g/mol. The molecule has 12 atom stereocenters. The molecule has 12 aromatic carbocycles. The maximum atomic E-state index is 13.0. The normalized spacial score (nSPS) is 18.6. The summed E-state index contributed by atoms with van der Waals surface area (Å²) in [6, 6.07) is 116. The van der Waals surface area contributed by atoms with E-state index in [1.807, 2.05) is 392 Å². The Bertz CT molecular complexity index is 4850. The lowest BCUT2D eigenvalue weighted by Crippen LogP contribution is -2.34. The van der Waals surface area contributed by atoms with Crippen molar-refractivity contribution in [1.29, 1.82) is 0 Å². The molecule has 4 fully saturated rings. The van der Waals surface area contributed by atoms with Gasteiger partial charge in [0.2, 0.25) is 0 Å². The predicted octanol–water partition coefficient (Wildman–Crippen LogP) is 24.3. The Labute approximate surface area is 774 Å². The minimum atomic E-state index is -0.399. The van der Waals surface area contributed by atoms with Crippen LogP contribution >= 0.6 is 0 Å². The quantitative estimate of drug-likeness (QED) is 0.0263. The zero-order valence-electron chi connectivity index (χ0n) is 75.2. The topological polar surface area (TPSA) is 223 Å². The number of esters is 4. The van der Waals surface area contributed by atoms with Crippen molar-refractivity contribution in [2.45, 2.75) is 154 Å². The molecule has 132 heavy (non-hydrogen) atoms. The van der Waals surface area contributed by atoms with Crippen LogP contribution in [0.3, 0.4) is 0 Å². The second-order valence-electron chi connectivity index (χ2n) is 33.4. The maximum Gasteiger partial charge on any atom is 0.411 e. The smallest absolute Gasteiger partial charge is 0.411 e. The lowest BCUT2D eigenvalue weighted by Gasteiger charge is -2.28. The van der Waals surface area contributed by atoms with E-state index in [1.54, 1.807) is 19.6 Å². The van der Waals surface area contributed by atoms with Crippen LogP contribution in [0.4, 0.5) is 19.2 Å². The molecule has 0 spiro atoms. The average Bonchev–Trinajstić information content (AvgIpc) is 1.65. The van der Waals surface area contributed by atoms with Gasteiger partial charge in [-0.2, -0.15) is 0 Å². The maximum absolute atomic E-state index is 13.0. The molecule has 4 aliphatic heterocycles. The van der Waals surface area contributed by atoms with Crippen LogP contribution in [-0.4, -0.2) is 94.0 Å². The van der Waals surface area contributed by atoms with Crippen molar-refractivity contribution in [2.75, 3.05) is 26.2 Å². The van der Waals surface area contributed by atoms with E-state index in [4.69, 9.17) is 37.9 Å². The lowest BCUT2D eigenvalue weighted by molar-refractivity contribution is -0.147. The van der Waals surface area contributed by atoms with Crippen molar-refractivity contribution in [3.05, 3.63) is 431 Å². The summed E-state index contributed by atoms with van der Waals surface area (Å²) in [5.41, 5.74) is 11.7. The summed E-state index contributed by atoms with van der Waals surface area (Å²) in [5, 5.41) is 0. The zero-order chi connectivity index (χ0) is 92.2. The van der Waals surface area contributed by atoms with Gasteiger partial charge in [0.05, 0.1) is 25.7 Å². The van der Waals surface area contributed by atoms with Gasteiger partial charge in [0.25, 0.3) is 0 Å². The van der Waals surface area contributed by atoms with E-state index in [-0.39, 0.29) is 148 Å². The first-order valence-electron chi connectivity index (χ1n) is 45.7.